The Bertz CT molecular complexity index is 741. The molecule has 0 aliphatic heterocycles. The molecule has 5 nitrogen and oxygen atoms in total. The number of ether oxygens (including phenoxy) is 3. The molecule has 1 atom stereocenters. The summed E-state index contributed by atoms with van der Waals surface area (Å²) < 4.78 is 15.6. The van der Waals surface area contributed by atoms with E-state index < -0.39 is 18.0 Å². The maximum Gasteiger partial charge on any atom is 0.342 e. The van der Waals surface area contributed by atoms with Gasteiger partial charge in [0.25, 0.3) is 0 Å². The second kappa shape index (κ2) is 10.1. The summed E-state index contributed by atoms with van der Waals surface area (Å²) in [4.78, 5) is 24.3. The first-order chi connectivity index (χ1) is 11.9. The number of benzene rings is 1. The minimum Gasteiger partial charge on any atom is -0.496 e. The summed E-state index contributed by atoms with van der Waals surface area (Å²) in [5.74, 6) is 10.1. The van der Waals surface area contributed by atoms with E-state index in [-0.39, 0.29) is 17.9 Å². The molecule has 0 saturated carbocycles. The van der Waals surface area contributed by atoms with E-state index in [4.69, 9.17) is 14.2 Å². The number of hydrogen-bond acceptors (Lipinski definition) is 5. The molecule has 5 heteroatoms. The highest BCUT2D eigenvalue weighted by molar-refractivity contribution is 5.94. The molecule has 25 heavy (non-hydrogen) atoms. The predicted octanol–water partition coefficient (Wildman–Crippen LogP) is 3.14. The first-order valence-electron chi connectivity index (χ1n) is 7.81. The van der Waals surface area contributed by atoms with Crippen LogP contribution in [0.3, 0.4) is 0 Å². The van der Waals surface area contributed by atoms with Gasteiger partial charge in [0, 0.05) is 12.0 Å². The zero-order valence-electron chi connectivity index (χ0n) is 15.1. The summed E-state index contributed by atoms with van der Waals surface area (Å²) in [6, 6.07) is 4.97. The number of rotatable bonds is 6. The third kappa shape index (κ3) is 5.90. The number of hydrogen-bond donors (Lipinski definition) is 0. The third-order valence-electron chi connectivity index (χ3n) is 3.17. The summed E-state index contributed by atoms with van der Waals surface area (Å²) in [5.41, 5.74) is 0.572. The van der Waals surface area contributed by atoms with Crippen molar-refractivity contribution in [1.29, 1.82) is 0 Å². The highest BCUT2D eigenvalue weighted by atomic mass is 16.5. The second-order valence-electron chi connectivity index (χ2n) is 5.53. The van der Waals surface area contributed by atoms with Crippen LogP contribution >= 0.6 is 0 Å². The molecule has 0 saturated heterocycles. The molecule has 1 aromatic rings. The van der Waals surface area contributed by atoms with Crippen LogP contribution in [-0.4, -0.2) is 26.2 Å². The smallest absolute Gasteiger partial charge is 0.342 e. The molecular formula is C20H22O5. The van der Waals surface area contributed by atoms with Crippen LogP contribution in [0, 0.1) is 29.6 Å². The number of methoxy groups -OCH3 is 2. The highest BCUT2D eigenvalue weighted by Crippen LogP contribution is 2.30. The molecule has 0 radical (unpaired) electrons. The summed E-state index contributed by atoms with van der Waals surface area (Å²) in [6.45, 7) is 5.48. The topological polar surface area (TPSA) is 61.8 Å². The first-order valence-corrected chi connectivity index (χ1v) is 7.81. The summed E-state index contributed by atoms with van der Waals surface area (Å²) in [6.07, 6.45) is -0.703. The van der Waals surface area contributed by atoms with Crippen molar-refractivity contribution in [3.05, 3.63) is 29.3 Å². The quantitative estimate of drug-likeness (QED) is 0.587. The van der Waals surface area contributed by atoms with Crippen LogP contribution in [0.15, 0.2) is 18.2 Å². The molecule has 0 aromatic heterocycles. The van der Waals surface area contributed by atoms with Gasteiger partial charge in [-0.05, 0) is 36.7 Å². The van der Waals surface area contributed by atoms with E-state index in [2.05, 4.69) is 23.7 Å². The molecule has 0 N–H and O–H groups in total. The molecule has 0 heterocycles. The van der Waals surface area contributed by atoms with Crippen LogP contribution in [0.5, 0.6) is 5.75 Å². The van der Waals surface area contributed by atoms with E-state index in [0.717, 1.165) is 0 Å². The lowest BCUT2D eigenvalue weighted by atomic mass is 10.0. The zero-order chi connectivity index (χ0) is 18.8. The van der Waals surface area contributed by atoms with Gasteiger partial charge in [-0.2, -0.15) is 0 Å². The maximum absolute atomic E-state index is 12.2. The Morgan fingerprint density at radius 3 is 2.44 bits per heavy atom. The van der Waals surface area contributed by atoms with Crippen molar-refractivity contribution >= 4 is 11.9 Å². The van der Waals surface area contributed by atoms with Crippen LogP contribution in [0.4, 0.5) is 0 Å². The monoisotopic (exact) mass is 342 g/mol. The van der Waals surface area contributed by atoms with Crippen LogP contribution in [0.2, 0.25) is 0 Å². The van der Waals surface area contributed by atoms with E-state index in [1.165, 1.54) is 14.2 Å². The fourth-order valence-electron chi connectivity index (χ4n) is 2.10. The van der Waals surface area contributed by atoms with Gasteiger partial charge < -0.3 is 14.2 Å². The lowest BCUT2D eigenvalue weighted by molar-refractivity contribution is -0.147. The van der Waals surface area contributed by atoms with Crippen LogP contribution in [0.1, 0.15) is 49.2 Å². The number of carbonyl (C=O) groups excluding carboxylic acids is 2. The molecule has 0 bridgehead atoms. The van der Waals surface area contributed by atoms with Crippen LogP contribution in [0.25, 0.3) is 0 Å². The minimum atomic E-state index is -0.948. The van der Waals surface area contributed by atoms with E-state index in [1.807, 2.05) is 13.8 Å². The Morgan fingerprint density at radius 2 is 1.88 bits per heavy atom. The minimum absolute atomic E-state index is 0.141. The van der Waals surface area contributed by atoms with E-state index in [0.29, 0.717) is 11.3 Å². The van der Waals surface area contributed by atoms with Crippen molar-refractivity contribution in [2.75, 3.05) is 14.2 Å². The standard InChI is InChI=1S/C20H22O5/c1-6-7-8-11-16(25-18(21)13-14(2)3)15-10-9-12-17(23-4)19(15)20(22)24-5/h9-10,12,14,16H,13H2,1-5H3. The molecular weight excluding hydrogens is 320 g/mol. The third-order valence-corrected chi connectivity index (χ3v) is 3.17. The van der Waals surface area contributed by atoms with Crippen molar-refractivity contribution in [1.82, 2.24) is 0 Å². The highest BCUT2D eigenvalue weighted by Gasteiger charge is 2.25. The molecule has 1 unspecified atom stereocenters. The normalized spacial score (nSPS) is 10.6. The molecule has 132 valence electrons. The van der Waals surface area contributed by atoms with Crippen molar-refractivity contribution in [3.8, 4) is 29.4 Å². The average molecular weight is 342 g/mol. The summed E-state index contributed by atoms with van der Waals surface area (Å²) in [5, 5.41) is 0. The van der Waals surface area contributed by atoms with Crippen LogP contribution < -0.4 is 4.74 Å². The fraction of sp³-hybridized carbons (Fsp3) is 0.400. The van der Waals surface area contributed by atoms with Gasteiger partial charge in [-0.3, -0.25) is 4.79 Å². The van der Waals surface area contributed by atoms with E-state index in [1.54, 1.807) is 25.1 Å². The van der Waals surface area contributed by atoms with E-state index in [9.17, 15) is 9.59 Å². The van der Waals surface area contributed by atoms with Gasteiger partial charge in [0.1, 0.15) is 11.3 Å². The van der Waals surface area contributed by atoms with E-state index >= 15 is 0 Å². The molecule has 0 amide bonds. The van der Waals surface area contributed by atoms with Crippen molar-refractivity contribution in [2.24, 2.45) is 5.92 Å². The first kappa shape index (κ1) is 20.1. The van der Waals surface area contributed by atoms with Gasteiger partial charge in [-0.15, -0.1) is 0 Å². The number of carbonyl (C=O) groups is 2. The second-order valence-corrected chi connectivity index (χ2v) is 5.53. The Kier molecular flexibility index (Phi) is 8.09. The average Bonchev–Trinajstić information content (AvgIpc) is 2.58. The molecule has 1 aromatic carbocycles. The lowest BCUT2D eigenvalue weighted by Gasteiger charge is -2.18. The molecule has 0 fully saturated rings. The van der Waals surface area contributed by atoms with Gasteiger partial charge in [0.2, 0.25) is 0 Å². The van der Waals surface area contributed by atoms with Crippen molar-refractivity contribution in [3.63, 3.8) is 0 Å². The SMILES string of the molecule is CC#CC#CC(OC(=O)CC(C)C)c1cccc(OC)c1C(=O)OC. The van der Waals surface area contributed by atoms with Gasteiger partial charge >= 0.3 is 11.9 Å². The molecule has 1 rings (SSSR count). The largest absolute Gasteiger partial charge is 0.496 e. The Balaban J connectivity index is 3.38. The summed E-state index contributed by atoms with van der Waals surface area (Å²) in [7, 11) is 2.71. The van der Waals surface area contributed by atoms with Gasteiger partial charge in [-0.25, -0.2) is 4.79 Å². The van der Waals surface area contributed by atoms with Crippen molar-refractivity contribution in [2.45, 2.75) is 33.3 Å². The molecule has 0 aliphatic rings. The van der Waals surface area contributed by atoms with Crippen molar-refractivity contribution < 1.29 is 23.8 Å². The van der Waals surface area contributed by atoms with Gasteiger partial charge in [0.15, 0.2) is 6.10 Å². The molecule has 0 spiro atoms. The van der Waals surface area contributed by atoms with Gasteiger partial charge in [-0.1, -0.05) is 31.9 Å². The zero-order valence-corrected chi connectivity index (χ0v) is 15.1. The maximum atomic E-state index is 12.2. The summed E-state index contributed by atoms with van der Waals surface area (Å²) >= 11 is 0. The molecule has 0 aliphatic carbocycles. The van der Waals surface area contributed by atoms with Crippen LogP contribution in [-0.2, 0) is 14.3 Å². The van der Waals surface area contributed by atoms with Gasteiger partial charge in [0.05, 0.1) is 14.2 Å². The lowest BCUT2D eigenvalue weighted by Crippen LogP contribution is -2.16. The Hall–Kier alpha value is -2.92. The fourth-order valence-corrected chi connectivity index (χ4v) is 2.10. The predicted molar refractivity (Wildman–Crippen MR) is 93.8 cm³/mol. The Labute approximate surface area is 148 Å². The number of esters is 2. The Morgan fingerprint density at radius 1 is 1.16 bits per heavy atom.